The van der Waals surface area contributed by atoms with Crippen molar-refractivity contribution in [3.8, 4) is 0 Å². The van der Waals surface area contributed by atoms with Crippen LogP contribution in [0.2, 0.25) is 0 Å². The van der Waals surface area contributed by atoms with Crippen LogP contribution in [0.4, 0.5) is 0 Å². The summed E-state index contributed by atoms with van der Waals surface area (Å²) in [5.74, 6) is 0.345. The molecule has 0 amide bonds. The number of hydrogen-bond acceptors (Lipinski definition) is 2. The van der Waals surface area contributed by atoms with Crippen molar-refractivity contribution in [1.29, 1.82) is 5.41 Å². The number of hydrogen-bond donors (Lipinski definition) is 3. The number of H-pyrrole nitrogens is 1. The van der Waals surface area contributed by atoms with Gasteiger partial charge in [-0.2, -0.15) is 0 Å². The van der Waals surface area contributed by atoms with Gasteiger partial charge in [-0.25, -0.2) is 0 Å². The van der Waals surface area contributed by atoms with Gasteiger partial charge < -0.3 is 10.7 Å². The van der Waals surface area contributed by atoms with E-state index in [2.05, 4.69) is 11.1 Å². The predicted molar refractivity (Wildman–Crippen MR) is 107 cm³/mol. The van der Waals surface area contributed by atoms with Gasteiger partial charge in [-0.3, -0.25) is 9.98 Å². The lowest BCUT2D eigenvalue weighted by Gasteiger charge is -2.07. The fourth-order valence-corrected chi connectivity index (χ4v) is 2.96. The number of nitrogens with two attached hydrogens (primary N) is 1. The smallest absolute Gasteiger partial charge is 0.131 e. The molecular formula is C21H22N4. The third-order valence-corrected chi connectivity index (χ3v) is 4.02. The number of nitrogens with zero attached hydrogens (tertiary/aromatic N) is 1. The first-order valence-corrected chi connectivity index (χ1v) is 8.44. The summed E-state index contributed by atoms with van der Waals surface area (Å²) in [5.41, 5.74) is 10.7. The fourth-order valence-electron chi connectivity index (χ4n) is 2.96. The summed E-state index contributed by atoms with van der Waals surface area (Å²) in [6.45, 7) is 4.00. The van der Waals surface area contributed by atoms with Crippen LogP contribution in [0.15, 0.2) is 72.9 Å². The summed E-state index contributed by atoms with van der Waals surface area (Å²) in [5, 5.41) is 9.62. The summed E-state index contributed by atoms with van der Waals surface area (Å²) in [4.78, 5) is 3.25. The average Bonchev–Trinajstić information content (AvgIpc) is 3.24. The molecule has 0 radical (unpaired) electrons. The van der Waals surface area contributed by atoms with E-state index < -0.39 is 0 Å². The van der Waals surface area contributed by atoms with Crippen LogP contribution < -0.4 is 5.73 Å². The van der Waals surface area contributed by atoms with Crippen molar-refractivity contribution in [3.05, 3.63) is 78.5 Å². The third-order valence-electron chi connectivity index (χ3n) is 4.02. The normalized spacial score (nSPS) is 11.4. The monoisotopic (exact) mass is 330 g/mol. The van der Waals surface area contributed by atoms with Crippen LogP contribution in [0.1, 0.15) is 19.4 Å². The molecular weight excluding hydrogens is 308 g/mol. The number of rotatable bonds is 2. The molecule has 0 aliphatic rings. The summed E-state index contributed by atoms with van der Waals surface area (Å²) in [7, 11) is 0. The van der Waals surface area contributed by atoms with Gasteiger partial charge in [0.1, 0.15) is 5.84 Å². The topological polar surface area (TPSA) is 70.6 Å². The maximum atomic E-state index is 8.52. The maximum Gasteiger partial charge on any atom is 0.131 e. The zero-order chi connectivity index (χ0) is 17.8. The maximum absolute atomic E-state index is 8.52. The van der Waals surface area contributed by atoms with Crippen molar-refractivity contribution in [2.75, 3.05) is 0 Å². The van der Waals surface area contributed by atoms with Gasteiger partial charge in [0.15, 0.2) is 0 Å². The van der Waals surface area contributed by atoms with E-state index in [0.29, 0.717) is 11.5 Å². The SMILES string of the molecule is CC.N=C(/C=C(\N)c1ccccc1)n1c2ccccc2c2[nH]ccc21. The van der Waals surface area contributed by atoms with Crippen LogP contribution in [0.25, 0.3) is 27.6 Å². The van der Waals surface area contributed by atoms with E-state index in [1.165, 1.54) is 0 Å². The molecule has 2 heterocycles. The minimum Gasteiger partial charge on any atom is -0.398 e. The fraction of sp³-hybridized carbons (Fsp3) is 0.0952. The standard InChI is InChI=1S/C19H16N4.C2H6/c20-15(13-6-2-1-3-7-13)12-18(21)23-16-9-5-4-8-14(16)19-17(23)10-11-22-19;1-2/h1-12,21-22H,20H2;1-2H3/b15-12-,21-18?;. The minimum absolute atomic E-state index is 0.345. The van der Waals surface area contributed by atoms with Gasteiger partial charge in [-0.05, 0) is 17.7 Å². The van der Waals surface area contributed by atoms with Crippen LogP contribution in [0.3, 0.4) is 0 Å². The highest BCUT2D eigenvalue weighted by atomic mass is 15.0. The summed E-state index contributed by atoms with van der Waals surface area (Å²) in [6, 6.07) is 19.8. The van der Waals surface area contributed by atoms with Gasteiger partial charge >= 0.3 is 0 Å². The van der Waals surface area contributed by atoms with E-state index in [1.807, 2.05) is 79.2 Å². The van der Waals surface area contributed by atoms with E-state index in [4.69, 9.17) is 11.1 Å². The molecule has 4 N–H and O–H groups in total. The predicted octanol–water partition coefficient (Wildman–Crippen LogP) is 4.97. The molecule has 0 spiro atoms. The molecule has 0 unspecified atom stereocenters. The number of aromatic amines is 1. The lowest BCUT2D eigenvalue weighted by molar-refractivity contribution is 1.24. The Morgan fingerprint density at radius 1 is 0.960 bits per heavy atom. The van der Waals surface area contributed by atoms with E-state index >= 15 is 0 Å². The van der Waals surface area contributed by atoms with Crippen molar-refractivity contribution in [2.45, 2.75) is 13.8 Å². The highest BCUT2D eigenvalue weighted by molar-refractivity contribution is 6.15. The molecule has 0 atom stereocenters. The minimum atomic E-state index is 0.345. The molecule has 2 aromatic heterocycles. The molecule has 0 aliphatic carbocycles. The summed E-state index contributed by atoms with van der Waals surface area (Å²) < 4.78 is 1.91. The molecule has 126 valence electrons. The Hall–Kier alpha value is -3.27. The number of aromatic nitrogens is 2. The van der Waals surface area contributed by atoms with E-state index in [1.54, 1.807) is 6.08 Å². The second-order valence-corrected chi connectivity index (χ2v) is 5.44. The molecule has 0 fully saturated rings. The zero-order valence-corrected chi connectivity index (χ0v) is 14.5. The van der Waals surface area contributed by atoms with Crippen molar-refractivity contribution in [2.24, 2.45) is 5.73 Å². The van der Waals surface area contributed by atoms with E-state index in [0.717, 1.165) is 27.5 Å². The Bertz CT molecular complexity index is 1040. The molecule has 4 aromatic rings. The molecule has 0 aliphatic heterocycles. The Morgan fingerprint density at radius 3 is 2.40 bits per heavy atom. The van der Waals surface area contributed by atoms with Crippen LogP contribution in [0.5, 0.6) is 0 Å². The highest BCUT2D eigenvalue weighted by Crippen LogP contribution is 2.27. The van der Waals surface area contributed by atoms with Crippen molar-refractivity contribution in [1.82, 2.24) is 9.55 Å². The largest absolute Gasteiger partial charge is 0.398 e. The second kappa shape index (κ2) is 7.09. The molecule has 25 heavy (non-hydrogen) atoms. The van der Waals surface area contributed by atoms with Crippen molar-refractivity contribution < 1.29 is 0 Å². The molecule has 4 rings (SSSR count). The first-order chi connectivity index (χ1) is 12.3. The van der Waals surface area contributed by atoms with Gasteiger partial charge in [0.05, 0.1) is 16.6 Å². The molecule has 4 nitrogen and oxygen atoms in total. The van der Waals surface area contributed by atoms with Gasteiger partial charge in [0, 0.05) is 23.4 Å². The summed E-state index contributed by atoms with van der Waals surface area (Å²) in [6.07, 6.45) is 3.60. The number of fused-ring (bicyclic) bond motifs is 3. The Labute approximate surface area is 147 Å². The van der Waals surface area contributed by atoms with Crippen LogP contribution in [-0.4, -0.2) is 15.4 Å². The zero-order valence-electron chi connectivity index (χ0n) is 14.5. The van der Waals surface area contributed by atoms with Crippen LogP contribution in [0, 0.1) is 5.41 Å². The highest BCUT2D eigenvalue weighted by Gasteiger charge is 2.13. The van der Waals surface area contributed by atoms with Crippen LogP contribution in [-0.2, 0) is 0 Å². The van der Waals surface area contributed by atoms with Gasteiger partial charge in [-0.15, -0.1) is 0 Å². The third kappa shape index (κ3) is 2.94. The second-order valence-electron chi connectivity index (χ2n) is 5.44. The Morgan fingerprint density at radius 2 is 1.64 bits per heavy atom. The number of benzene rings is 2. The number of nitrogens with one attached hydrogen (secondary N) is 2. The lowest BCUT2D eigenvalue weighted by Crippen LogP contribution is -2.09. The molecule has 2 aromatic carbocycles. The molecule has 0 saturated carbocycles. The Balaban J connectivity index is 0.000000880. The van der Waals surface area contributed by atoms with E-state index in [-0.39, 0.29) is 0 Å². The number of allylic oxidation sites excluding steroid dienone is 1. The first kappa shape index (κ1) is 16.6. The molecule has 0 saturated heterocycles. The molecule has 4 heteroatoms. The summed E-state index contributed by atoms with van der Waals surface area (Å²) >= 11 is 0. The average molecular weight is 330 g/mol. The Kier molecular flexibility index (Phi) is 4.70. The van der Waals surface area contributed by atoms with Gasteiger partial charge in [-0.1, -0.05) is 62.4 Å². The molecule has 0 bridgehead atoms. The van der Waals surface area contributed by atoms with Crippen LogP contribution >= 0.6 is 0 Å². The quantitative estimate of drug-likeness (QED) is 0.352. The van der Waals surface area contributed by atoms with E-state index in [9.17, 15) is 0 Å². The van der Waals surface area contributed by atoms with Crippen molar-refractivity contribution in [3.63, 3.8) is 0 Å². The lowest BCUT2D eigenvalue weighted by atomic mass is 10.1. The van der Waals surface area contributed by atoms with Gasteiger partial charge in [0.25, 0.3) is 0 Å². The number of para-hydroxylation sites is 1. The van der Waals surface area contributed by atoms with Crippen molar-refractivity contribution >= 4 is 33.5 Å². The first-order valence-electron chi connectivity index (χ1n) is 8.44. The van der Waals surface area contributed by atoms with Gasteiger partial charge in [0.2, 0.25) is 0 Å².